The van der Waals surface area contributed by atoms with E-state index in [0.29, 0.717) is 43.6 Å². The van der Waals surface area contributed by atoms with Gasteiger partial charge in [-0.3, -0.25) is 9.59 Å². The van der Waals surface area contributed by atoms with Crippen LogP contribution in [0.2, 0.25) is 0 Å². The topological polar surface area (TPSA) is 63.6 Å². The highest BCUT2D eigenvalue weighted by atomic mass is 16.5. The van der Waals surface area contributed by atoms with Crippen molar-refractivity contribution in [3.05, 3.63) is 42.5 Å². The van der Waals surface area contributed by atoms with Crippen molar-refractivity contribution in [2.75, 3.05) is 6.61 Å². The number of hydrogen-bond acceptors (Lipinski definition) is 4. The summed E-state index contributed by atoms with van der Waals surface area (Å²) in [5.41, 5.74) is -0.685. The number of ketones is 2. The van der Waals surface area contributed by atoms with E-state index in [1.807, 2.05) is 0 Å². The lowest BCUT2D eigenvalue weighted by molar-refractivity contribution is -0.114. The lowest BCUT2D eigenvalue weighted by atomic mass is 9.79. The Bertz CT molecular complexity index is 553. The van der Waals surface area contributed by atoms with Crippen molar-refractivity contribution in [1.29, 1.82) is 0 Å². The first kappa shape index (κ1) is 17.4. The standard InChI is InChI=1S/C19H24O4/c1-2-16(20)7-6-14-23-17-10-8-15(9-11-17)18(21)19(22)12-4-3-5-13-19/h2,8-11,22H,1,3-7,12-14H2. The number of Topliss-reactive ketones (excluding diaryl/α,β-unsaturated/α-hetero) is 1. The molecular weight excluding hydrogens is 292 g/mol. The molecule has 0 saturated heterocycles. The van der Waals surface area contributed by atoms with E-state index < -0.39 is 5.60 Å². The number of allylic oxidation sites excluding steroid dienone is 1. The number of rotatable bonds is 8. The first-order valence-corrected chi connectivity index (χ1v) is 8.20. The van der Waals surface area contributed by atoms with Gasteiger partial charge in [-0.05, 0) is 49.6 Å². The van der Waals surface area contributed by atoms with Gasteiger partial charge in [0.1, 0.15) is 11.4 Å². The van der Waals surface area contributed by atoms with Crippen molar-refractivity contribution in [3.63, 3.8) is 0 Å². The minimum atomic E-state index is -1.20. The fourth-order valence-electron chi connectivity index (χ4n) is 2.87. The van der Waals surface area contributed by atoms with Crippen LogP contribution in [0.4, 0.5) is 0 Å². The molecule has 0 aliphatic heterocycles. The van der Waals surface area contributed by atoms with Crippen LogP contribution in [-0.2, 0) is 4.79 Å². The number of ether oxygens (including phenoxy) is 1. The van der Waals surface area contributed by atoms with Gasteiger partial charge in [-0.1, -0.05) is 25.8 Å². The average molecular weight is 316 g/mol. The zero-order valence-electron chi connectivity index (χ0n) is 13.4. The van der Waals surface area contributed by atoms with Crippen LogP contribution in [0.25, 0.3) is 0 Å². The highest BCUT2D eigenvalue weighted by molar-refractivity contribution is 6.02. The Morgan fingerprint density at radius 3 is 2.43 bits per heavy atom. The minimum Gasteiger partial charge on any atom is -0.494 e. The van der Waals surface area contributed by atoms with Crippen LogP contribution in [0.1, 0.15) is 55.3 Å². The minimum absolute atomic E-state index is 0.00951. The van der Waals surface area contributed by atoms with Crippen molar-refractivity contribution in [2.24, 2.45) is 0 Å². The summed E-state index contributed by atoms with van der Waals surface area (Å²) < 4.78 is 5.55. The van der Waals surface area contributed by atoms with Crippen LogP contribution in [0.3, 0.4) is 0 Å². The Hall–Kier alpha value is -1.94. The summed E-state index contributed by atoms with van der Waals surface area (Å²) in [7, 11) is 0. The molecule has 1 saturated carbocycles. The molecule has 1 aromatic rings. The van der Waals surface area contributed by atoms with Gasteiger partial charge in [0.25, 0.3) is 0 Å². The second-order valence-corrected chi connectivity index (χ2v) is 6.07. The molecule has 0 atom stereocenters. The largest absolute Gasteiger partial charge is 0.494 e. The van der Waals surface area contributed by atoms with E-state index in [9.17, 15) is 14.7 Å². The Balaban J connectivity index is 1.87. The molecule has 0 amide bonds. The van der Waals surface area contributed by atoms with Crippen LogP contribution in [0.15, 0.2) is 36.9 Å². The maximum absolute atomic E-state index is 12.5. The third kappa shape index (κ3) is 4.76. The zero-order valence-corrected chi connectivity index (χ0v) is 13.4. The predicted molar refractivity (Wildman–Crippen MR) is 88.7 cm³/mol. The van der Waals surface area contributed by atoms with Gasteiger partial charge >= 0.3 is 0 Å². The van der Waals surface area contributed by atoms with Gasteiger partial charge in [0, 0.05) is 12.0 Å². The van der Waals surface area contributed by atoms with Crippen molar-refractivity contribution < 1.29 is 19.4 Å². The first-order valence-electron chi connectivity index (χ1n) is 8.20. The van der Waals surface area contributed by atoms with Crippen LogP contribution >= 0.6 is 0 Å². The molecule has 4 heteroatoms. The van der Waals surface area contributed by atoms with Gasteiger partial charge in [-0.2, -0.15) is 0 Å². The van der Waals surface area contributed by atoms with Crippen LogP contribution in [-0.4, -0.2) is 28.9 Å². The molecular formula is C19H24O4. The highest BCUT2D eigenvalue weighted by Gasteiger charge is 2.37. The Morgan fingerprint density at radius 2 is 1.83 bits per heavy atom. The Kier molecular flexibility index (Phi) is 6.11. The third-order valence-corrected chi connectivity index (χ3v) is 4.28. The molecule has 1 fully saturated rings. The molecule has 0 radical (unpaired) electrons. The Morgan fingerprint density at radius 1 is 1.17 bits per heavy atom. The van der Waals surface area contributed by atoms with Gasteiger partial charge in [-0.15, -0.1) is 0 Å². The van der Waals surface area contributed by atoms with E-state index in [2.05, 4.69) is 6.58 Å². The molecule has 1 N–H and O–H groups in total. The third-order valence-electron chi connectivity index (χ3n) is 4.28. The van der Waals surface area contributed by atoms with E-state index in [-0.39, 0.29) is 11.6 Å². The monoisotopic (exact) mass is 316 g/mol. The molecule has 0 unspecified atom stereocenters. The molecule has 1 aromatic carbocycles. The molecule has 0 heterocycles. The van der Waals surface area contributed by atoms with Crippen molar-refractivity contribution in [2.45, 2.75) is 50.5 Å². The fourth-order valence-corrected chi connectivity index (χ4v) is 2.87. The molecule has 0 aromatic heterocycles. The second kappa shape index (κ2) is 8.06. The van der Waals surface area contributed by atoms with E-state index in [0.717, 1.165) is 19.3 Å². The lowest BCUT2D eigenvalue weighted by Crippen LogP contribution is -2.40. The summed E-state index contributed by atoms with van der Waals surface area (Å²) in [4.78, 5) is 23.6. The molecule has 23 heavy (non-hydrogen) atoms. The molecule has 0 spiro atoms. The quantitative estimate of drug-likeness (QED) is 0.453. The number of aliphatic hydroxyl groups is 1. The van der Waals surface area contributed by atoms with E-state index in [1.165, 1.54) is 6.08 Å². The van der Waals surface area contributed by atoms with Gasteiger partial charge in [0.2, 0.25) is 0 Å². The van der Waals surface area contributed by atoms with Crippen LogP contribution in [0.5, 0.6) is 5.75 Å². The predicted octanol–water partition coefficient (Wildman–Crippen LogP) is 3.48. The number of carbonyl (C=O) groups is 2. The normalized spacial score (nSPS) is 16.6. The summed E-state index contributed by atoms with van der Waals surface area (Å²) >= 11 is 0. The zero-order chi connectivity index (χ0) is 16.7. The summed E-state index contributed by atoms with van der Waals surface area (Å²) in [6, 6.07) is 6.85. The number of hydrogen-bond donors (Lipinski definition) is 1. The number of carbonyl (C=O) groups excluding carboxylic acids is 2. The van der Waals surface area contributed by atoms with Crippen molar-refractivity contribution >= 4 is 11.6 Å². The van der Waals surface area contributed by atoms with Gasteiger partial charge in [-0.25, -0.2) is 0 Å². The summed E-state index contributed by atoms with van der Waals surface area (Å²) in [5, 5.41) is 10.5. The summed E-state index contributed by atoms with van der Waals surface area (Å²) in [6.45, 7) is 3.87. The molecule has 1 aliphatic carbocycles. The summed E-state index contributed by atoms with van der Waals surface area (Å²) in [6.07, 6.45) is 6.33. The van der Waals surface area contributed by atoms with E-state index in [4.69, 9.17) is 4.74 Å². The molecule has 1 aliphatic rings. The van der Waals surface area contributed by atoms with Gasteiger partial charge < -0.3 is 9.84 Å². The Labute approximate surface area is 137 Å². The maximum Gasteiger partial charge on any atom is 0.194 e. The average Bonchev–Trinajstić information content (AvgIpc) is 2.59. The van der Waals surface area contributed by atoms with Gasteiger partial charge in [0.15, 0.2) is 11.6 Å². The highest BCUT2D eigenvalue weighted by Crippen LogP contribution is 2.31. The summed E-state index contributed by atoms with van der Waals surface area (Å²) in [5.74, 6) is 0.471. The molecule has 0 bridgehead atoms. The fraction of sp³-hybridized carbons (Fsp3) is 0.474. The van der Waals surface area contributed by atoms with E-state index in [1.54, 1.807) is 24.3 Å². The van der Waals surface area contributed by atoms with Crippen molar-refractivity contribution in [3.8, 4) is 5.75 Å². The SMILES string of the molecule is C=CC(=O)CCCOc1ccc(C(=O)C2(O)CCCCC2)cc1. The van der Waals surface area contributed by atoms with Crippen molar-refractivity contribution in [1.82, 2.24) is 0 Å². The molecule has 4 nitrogen and oxygen atoms in total. The smallest absolute Gasteiger partial charge is 0.194 e. The maximum atomic E-state index is 12.5. The first-order chi connectivity index (χ1) is 11.0. The van der Waals surface area contributed by atoms with Crippen LogP contribution in [0, 0.1) is 0 Å². The van der Waals surface area contributed by atoms with E-state index >= 15 is 0 Å². The lowest BCUT2D eigenvalue weighted by Gasteiger charge is -2.30. The number of benzene rings is 1. The van der Waals surface area contributed by atoms with Crippen LogP contribution < -0.4 is 4.74 Å². The second-order valence-electron chi connectivity index (χ2n) is 6.07. The van der Waals surface area contributed by atoms with Gasteiger partial charge in [0.05, 0.1) is 6.61 Å². The molecule has 124 valence electrons. The molecule has 2 rings (SSSR count).